The van der Waals surface area contributed by atoms with Crippen LogP contribution in [0.2, 0.25) is 0 Å². The summed E-state index contributed by atoms with van der Waals surface area (Å²) in [5, 5.41) is 3.05. The molecule has 1 N–H and O–H groups in total. The molecule has 1 aliphatic heterocycles. The lowest BCUT2D eigenvalue weighted by molar-refractivity contribution is 0.666. The first-order valence-electron chi connectivity index (χ1n) is 9.64. The standard InChI is InChI=1S/C25H18N2O/c28-25-20-12-5-4-11-18(20)22(16-8-2-1-3-9-16)24-23-19(14-15-27(24)25)17-10-6-7-13-21(17)26-23/h1-13,26H,14-15H2. The summed E-state index contributed by atoms with van der Waals surface area (Å²) in [7, 11) is 0. The zero-order chi connectivity index (χ0) is 18.7. The fourth-order valence-corrected chi connectivity index (χ4v) is 4.65. The number of aromatic amines is 1. The maximum absolute atomic E-state index is 13.3. The molecule has 3 aromatic carbocycles. The molecule has 5 aromatic rings. The molecular weight excluding hydrogens is 344 g/mol. The quantitative estimate of drug-likeness (QED) is 0.427. The third kappa shape index (κ3) is 2.01. The summed E-state index contributed by atoms with van der Waals surface area (Å²) in [6.45, 7) is 0.702. The third-order valence-corrected chi connectivity index (χ3v) is 5.88. The van der Waals surface area contributed by atoms with E-state index in [0.717, 1.165) is 45.2 Å². The molecule has 0 fully saturated rings. The molecule has 2 aromatic heterocycles. The van der Waals surface area contributed by atoms with Crippen LogP contribution in [0.1, 0.15) is 5.56 Å². The van der Waals surface area contributed by atoms with Gasteiger partial charge in [0, 0.05) is 28.4 Å². The van der Waals surface area contributed by atoms with Gasteiger partial charge in [0.05, 0.1) is 11.4 Å². The van der Waals surface area contributed by atoms with Gasteiger partial charge in [-0.25, -0.2) is 0 Å². The van der Waals surface area contributed by atoms with Gasteiger partial charge in [0.2, 0.25) is 0 Å². The van der Waals surface area contributed by atoms with Crippen LogP contribution in [0.3, 0.4) is 0 Å². The van der Waals surface area contributed by atoms with Gasteiger partial charge < -0.3 is 9.55 Å². The second-order valence-electron chi connectivity index (χ2n) is 7.37. The summed E-state index contributed by atoms with van der Waals surface area (Å²) >= 11 is 0. The predicted octanol–water partition coefficient (Wildman–Crippen LogP) is 5.37. The summed E-state index contributed by atoms with van der Waals surface area (Å²) in [5.41, 5.74) is 6.87. The van der Waals surface area contributed by atoms with Gasteiger partial charge >= 0.3 is 0 Å². The normalized spacial score (nSPS) is 12.9. The van der Waals surface area contributed by atoms with Crippen molar-refractivity contribution in [2.75, 3.05) is 0 Å². The highest BCUT2D eigenvalue weighted by Gasteiger charge is 2.26. The van der Waals surface area contributed by atoms with E-state index in [4.69, 9.17) is 0 Å². The fourth-order valence-electron chi connectivity index (χ4n) is 4.65. The molecule has 0 bridgehead atoms. The van der Waals surface area contributed by atoms with Gasteiger partial charge in [-0.3, -0.25) is 4.79 Å². The lowest BCUT2D eigenvalue weighted by Gasteiger charge is -2.24. The molecule has 3 heteroatoms. The number of aryl methyl sites for hydroxylation is 1. The Kier molecular flexibility index (Phi) is 3.15. The minimum absolute atomic E-state index is 0.0922. The first-order valence-corrected chi connectivity index (χ1v) is 9.64. The van der Waals surface area contributed by atoms with Gasteiger partial charge in [-0.05, 0) is 35.1 Å². The molecule has 3 heterocycles. The highest BCUT2D eigenvalue weighted by molar-refractivity contribution is 6.04. The smallest absolute Gasteiger partial charge is 0.258 e. The van der Waals surface area contributed by atoms with Crippen LogP contribution in [-0.2, 0) is 13.0 Å². The Balaban J connectivity index is 1.84. The molecule has 28 heavy (non-hydrogen) atoms. The molecule has 0 radical (unpaired) electrons. The van der Waals surface area contributed by atoms with Crippen molar-refractivity contribution in [3.05, 3.63) is 94.8 Å². The number of nitrogens with zero attached hydrogens (tertiary/aromatic N) is 1. The molecule has 0 atom stereocenters. The van der Waals surface area contributed by atoms with Crippen LogP contribution in [0, 0.1) is 0 Å². The van der Waals surface area contributed by atoms with E-state index in [1.54, 1.807) is 0 Å². The van der Waals surface area contributed by atoms with Crippen LogP contribution < -0.4 is 5.56 Å². The molecular formula is C25H18N2O. The molecule has 6 rings (SSSR count). The van der Waals surface area contributed by atoms with Crippen LogP contribution in [0.25, 0.3) is 44.2 Å². The molecule has 0 amide bonds. The highest BCUT2D eigenvalue weighted by Crippen LogP contribution is 2.41. The molecule has 0 saturated heterocycles. The van der Waals surface area contributed by atoms with Crippen molar-refractivity contribution in [1.29, 1.82) is 0 Å². The average Bonchev–Trinajstić information content (AvgIpc) is 3.14. The maximum atomic E-state index is 13.3. The first-order chi connectivity index (χ1) is 13.8. The summed E-state index contributed by atoms with van der Waals surface area (Å²) in [6.07, 6.45) is 0.860. The number of pyridine rings is 1. The van der Waals surface area contributed by atoms with Crippen molar-refractivity contribution < 1.29 is 0 Å². The minimum atomic E-state index is 0.0922. The Labute approximate surface area is 161 Å². The monoisotopic (exact) mass is 362 g/mol. The molecule has 0 spiro atoms. The number of nitrogens with one attached hydrogen (secondary N) is 1. The summed E-state index contributed by atoms with van der Waals surface area (Å²) in [4.78, 5) is 16.9. The van der Waals surface area contributed by atoms with Gasteiger partial charge in [-0.2, -0.15) is 0 Å². The Bertz CT molecular complexity index is 1420. The number of fused-ring (bicyclic) bond motifs is 6. The number of hydrogen-bond acceptors (Lipinski definition) is 1. The second kappa shape index (κ2) is 5.70. The van der Waals surface area contributed by atoms with Crippen LogP contribution in [0.4, 0.5) is 0 Å². The SMILES string of the molecule is O=c1c2ccccc2c(-c2ccccc2)c2n1CCc1c-2[nH]c2ccccc12. The van der Waals surface area contributed by atoms with E-state index in [9.17, 15) is 4.79 Å². The summed E-state index contributed by atoms with van der Waals surface area (Å²) in [6, 6.07) is 26.8. The Morgan fingerprint density at radius 2 is 1.43 bits per heavy atom. The van der Waals surface area contributed by atoms with Crippen LogP contribution >= 0.6 is 0 Å². The Morgan fingerprint density at radius 3 is 2.25 bits per heavy atom. The van der Waals surface area contributed by atoms with Crippen LogP contribution in [-0.4, -0.2) is 9.55 Å². The topological polar surface area (TPSA) is 37.8 Å². The lowest BCUT2D eigenvalue weighted by atomic mass is 9.91. The zero-order valence-electron chi connectivity index (χ0n) is 15.3. The number of rotatable bonds is 1. The molecule has 134 valence electrons. The maximum Gasteiger partial charge on any atom is 0.258 e. The van der Waals surface area contributed by atoms with Crippen LogP contribution in [0.5, 0.6) is 0 Å². The predicted molar refractivity (Wildman–Crippen MR) is 115 cm³/mol. The summed E-state index contributed by atoms with van der Waals surface area (Å²) < 4.78 is 1.96. The van der Waals surface area contributed by atoms with E-state index in [0.29, 0.717) is 6.54 Å². The fraction of sp³-hybridized carbons (Fsp3) is 0.0800. The third-order valence-electron chi connectivity index (χ3n) is 5.88. The molecule has 0 saturated carbocycles. The van der Waals surface area contributed by atoms with Crippen molar-refractivity contribution in [3.8, 4) is 22.5 Å². The zero-order valence-corrected chi connectivity index (χ0v) is 15.3. The van der Waals surface area contributed by atoms with E-state index in [1.807, 2.05) is 28.8 Å². The van der Waals surface area contributed by atoms with Gasteiger partial charge in [0.15, 0.2) is 0 Å². The average molecular weight is 362 g/mol. The molecule has 0 unspecified atom stereocenters. The Hall–Kier alpha value is -3.59. The lowest BCUT2D eigenvalue weighted by Crippen LogP contribution is -2.27. The Morgan fingerprint density at radius 1 is 0.750 bits per heavy atom. The van der Waals surface area contributed by atoms with E-state index in [2.05, 4.69) is 59.6 Å². The summed E-state index contributed by atoms with van der Waals surface area (Å²) in [5.74, 6) is 0. The van der Waals surface area contributed by atoms with Crippen LogP contribution in [0.15, 0.2) is 83.7 Å². The second-order valence-corrected chi connectivity index (χ2v) is 7.37. The van der Waals surface area contributed by atoms with E-state index < -0.39 is 0 Å². The number of H-pyrrole nitrogens is 1. The van der Waals surface area contributed by atoms with Gasteiger partial charge in [0.25, 0.3) is 5.56 Å². The first kappa shape index (κ1) is 15.5. The van der Waals surface area contributed by atoms with Gasteiger partial charge in [-0.15, -0.1) is 0 Å². The molecule has 0 aliphatic carbocycles. The number of hydrogen-bond donors (Lipinski definition) is 1. The van der Waals surface area contributed by atoms with E-state index >= 15 is 0 Å². The van der Waals surface area contributed by atoms with Crippen molar-refractivity contribution in [1.82, 2.24) is 9.55 Å². The van der Waals surface area contributed by atoms with Crippen molar-refractivity contribution in [2.24, 2.45) is 0 Å². The van der Waals surface area contributed by atoms with E-state index in [1.165, 1.54) is 10.9 Å². The minimum Gasteiger partial charge on any atom is -0.353 e. The molecule has 1 aliphatic rings. The number of aromatic nitrogens is 2. The number of para-hydroxylation sites is 1. The highest BCUT2D eigenvalue weighted by atomic mass is 16.1. The van der Waals surface area contributed by atoms with Gasteiger partial charge in [-0.1, -0.05) is 66.7 Å². The van der Waals surface area contributed by atoms with Crippen molar-refractivity contribution in [3.63, 3.8) is 0 Å². The van der Waals surface area contributed by atoms with Crippen molar-refractivity contribution in [2.45, 2.75) is 13.0 Å². The molecule has 3 nitrogen and oxygen atoms in total. The van der Waals surface area contributed by atoms with E-state index in [-0.39, 0.29) is 5.56 Å². The van der Waals surface area contributed by atoms with Crippen molar-refractivity contribution >= 4 is 21.7 Å². The largest absolute Gasteiger partial charge is 0.353 e. The van der Waals surface area contributed by atoms with Gasteiger partial charge in [0.1, 0.15) is 0 Å². The number of benzene rings is 3.